The van der Waals surface area contributed by atoms with Gasteiger partial charge in [0.05, 0.1) is 6.04 Å². The molecule has 0 radical (unpaired) electrons. The van der Waals surface area contributed by atoms with Crippen LogP contribution in [-0.4, -0.2) is 0 Å². The van der Waals surface area contributed by atoms with Gasteiger partial charge in [-0.05, 0) is 48.2 Å². The number of hydrazine groups is 1. The van der Waals surface area contributed by atoms with Crippen molar-refractivity contribution in [3.8, 4) is 0 Å². The fraction of sp³-hybridized carbons (Fsp3) is 0.200. The van der Waals surface area contributed by atoms with E-state index in [1.807, 2.05) is 13.0 Å². The van der Waals surface area contributed by atoms with Crippen LogP contribution in [0.5, 0.6) is 0 Å². The largest absolute Gasteiger partial charge is 0.271 e. The minimum absolute atomic E-state index is 0.0135. The van der Waals surface area contributed by atoms with Crippen LogP contribution in [0.1, 0.15) is 22.7 Å². The fourth-order valence-corrected chi connectivity index (χ4v) is 2.80. The van der Waals surface area contributed by atoms with Gasteiger partial charge in [-0.1, -0.05) is 40.2 Å². The lowest BCUT2D eigenvalue weighted by molar-refractivity contribution is 0.549. The SMILES string of the molecule is Cc1ccc(C(Cc2ccc(F)cc2)NN)c(Br)c1. The third-order valence-electron chi connectivity index (χ3n) is 3.09. The minimum atomic E-state index is -0.225. The number of hydrogen-bond donors (Lipinski definition) is 2. The molecule has 4 heteroatoms. The summed E-state index contributed by atoms with van der Waals surface area (Å²) in [6.45, 7) is 2.04. The van der Waals surface area contributed by atoms with Gasteiger partial charge in [0.2, 0.25) is 0 Å². The van der Waals surface area contributed by atoms with E-state index >= 15 is 0 Å². The first-order valence-corrected chi connectivity index (χ1v) is 6.86. The van der Waals surface area contributed by atoms with Crippen LogP contribution < -0.4 is 11.3 Å². The van der Waals surface area contributed by atoms with E-state index in [2.05, 4.69) is 33.5 Å². The summed E-state index contributed by atoms with van der Waals surface area (Å²) in [4.78, 5) is 0. The molecule has 2 nitrogen and oxygen atoms in total. The van der Waals surface area contributed by atoms with Crippen LogP contribution in [-0.2, 0) is 6.42 Å². The van der Waals surface area contributed by atoms with Gasteiger partial charge in [0.15, 0.2) is 0 Å². The molecule has 0 spiro atoms. The van der Waals surface area contributed by atoms with Crippen LogP contribution in [0.2, 0.25) is 0 Å². The predicted octanol–water partition coefficient (Wildman–Crippen LogP) is 3.64. The van der Waals surface area contributed by atoms with Crippen molar-refractivity contribution >= 4 is 15.9 Å². The molecule has 0 amide bonds. The molecule has 0 saturated carbocycles. The highest BCUT2D eigenvalue weighted by Crippen LogP contribution is 2.26. The molecule has 0 aromatic heterocycles. The summed E-state index contributed by atoms with van der Waals surface area (Å²) in [5.74, 6) is 5.42. The van der Waals surface area contributed by atoms with E-state index < -0.39 is 0 Å². The van der Waals surface area contributed by atoms with Crippen molar-refractivity contribution in [3.63, 3.8) is 0 Å². The Bertz CT molecular complexity index is 555. The molecule has 1 atom stereocenters. The molecular weight excluding hydrogens is 307 g/mol. The Morgan fingerprint density at radius 3 is 2.47 bits per heavy atom. The summed E-state index contributed by atoms with van der Waals surface area (Å²) < 4.78 is 13.9. The van der Waals surface area contributed by atoms with Crippen molar-refractivity contribution in [1.29, 1.82) is 0 Å². The van der Waals surface area contributed by atoms with E-state index in [0.29, 0.717) is 6.42 Å². The zero-order valence-corrected chi connectivity index (χ0v) is 12.2. The fourth-order valence-electron chi connectivity index (χ4n) is 2.03. The molecular formula is C15H16BrFN2. The molecule has 0 aliphatic rings. The maximum atomic E-state index is 12.9. The molecule has 0 fully saturated rings. The van der Waals surface area contributed by atoms with Crippen LogP contribution in [0.3, 0.4) is 0 Å². The lowest BCUT2D eigenvalue weighted by atomic mass is 9.98. The molecule has 2 rings (SSSR count). The molecule has 0 bridgehead atoms. The Balaban J connectivity index is 2.22. The van der Waals surface area contributed by atoms with Gasteiger partial charge in [0.25, 0.3) is 0 Å². The summed E-state index contributed by atoms with van der Waals surface area (Å²) in [5, 5.41) is 0. The van der Waals surface area contributed by atoms with Gasteiger partial charge < -0.3 is 0 Å². The van der Waals surface area contributed by atoms with Gasteiger partial charge in [-0.3, -0.25) is 11.3 Å². The van der Waals surface area contributed by atoms with Crippen molar-refractivity contribution in [1.82, 2.24) is 5.43 Å². The molecule has 100 valence electrons. The molecule has 2 aromatic rings. The van der Waals surface area contributed by atoms with Gasteiger partial charge in [0, 0.05) is 4.47 Å². The van der Waals surface area contributed by atoms with Crippen LogP contribution in [0, 0.1) is 12.7 Å². The first-order chi connectivity index (χ1) is 9.10. The summed E-state index contributed by atoms with van der Waals surface area (Å²) >= 11 is 3.56. The maximum absolute atomic E-state index is 12.9. The van der Waals surface area contributed by atoms with E-state index in [9.17, 15) is 4.39 Å². The summed E-state index contributed by atoms with van der Waals surface area (Å²) in [5.41, 5.74) is 6.14. The number of nitrogens with one attached hydrogen (secondary N) is 1. The lowest BCUT2D eigenvalue weighted by Gasteiger charge is -2.18. The standard InChI is InChI=1S/C15H16BrFN2/c1-10-2-7-13(14(16)8-10)15(19-18)9-11-3-5-12(17)6-4-11/h2-8,15,19H,9,18H2,1H3. The number of aryl methyl sites for hydroxylation is 1. The van der Waals surface area contributed by atoms with Crippen LogP contribution >= 0.6 is 15.9 Å². The molecule has 0 aliphatic heterocycles. The second-order valence-corrected chi connectivity index (χ2v) is 5.43. The zero-order valence-electron chi connectivity index (χ0n) is 10.7. The normalized spacial score (nSPS) is 12.4. The first-order valence-electron chi connectivity index (χ1n) is 6.07. The van der Waals surface area contributed by atoms with Crippen LogP contribution in [0.25, 0.3) is 0 Å². The third kappa shape index (κ3) is 3.62. The highest BCUT2D eigenvalue weighted by Gasteiger charge is 2.13. The predicted molar refractivity (Wildman–Crippen MR) is 79.0 cm³/mol. The van der Waals surface area contributed by atoms with Gasteiger partial charge in [-0.15, -0.1) is 0 Å². The van der Waals surface area contributed by atoms with E-state index in [1.165, 1.54) is 17.7 Å². The second kappa shape index (κ2) is 6.28. The summed E-state index contributed by atoms with van der Waals surface area (Å²) in [6.07, 6.45) is 0.707. The Labute approximate surface area is 120 Å². The summed E-state index contributed by atoms with van der Waals surface area (Å²) in [6, 6.07) is 12.6. The van der Waals surface area contributed by atoms with Crippen molar-refractivity contribution in [2.45, 2.75) is 19.4 Å². The molecule has 0 saturated heterocycles. The third-order valence-corrected chi connectivity index (χ3v) is 3.77. The second-order valence-electron chi connectivity index (χ2n) is 4.57. The number of nitrogens with two attached hydrogens (primary N) is 1. The average molecular weight is 323 g/mol. The van der Waals surface area contributed by atoms with E-state index in [0.717, 1.165) is 15.6 Å². The first kappa shape index (κ1) is 14.2. The lowest BCUT2D eigenvalue weighted by Crippen LogP contribution is -2.29. The smallest absolute Gasteiger partial charge is 0.123 e. The van der Waals surface area contributed by atoms with Crippen LogP contribution in [0.15, 0.2) is 46.9 Å². The number of halogens is 2. The van der Waals surface area contributed by atoms with Gasteiger partial charge in [0.1, 0.15) is 5.82 Å². The Morgan fingerprint density at radius 2 is 1.89 bits per heavy atom. The highest BCUT2D eigenvalue weighted by atomic mass is 79.9. The topological polar surface area (TPSA) is 38.0 Å². The zero-order chi connectivity index (χ0) is 13.8. The Hall–Kier alpha value is -1.23. The van der Waals surface area contributed by atoms with E-state index in [4.69, 9.17) is 5.84 Å². The average Bonchev–Trinajstić information content (AvgIpc) is 2.39. The number of benzene rings is 2. The van der Waals surface area contributed by atoms with Crippen molar-refractivity contribution < 1.29 is 4.39 Å². The molecule has 0 aliphatic carbocycles. The van der Waals surface area contributed by atoms with E-state index in [-0.39, 0.29) is 11.9 Å². The summed E-state index contributed by atoms with van der Waals surface area (Å²) in [7, 11) is 0. The molecule has 0 heterocycles. The van der Waals surface area contributed by atoms with Crippen molar-refractivity contribution in [2.75, 3.05) is 0 Å². The maximum Gasteiger partial charge on any atom is 0.123 e. The highest BCUT2D eigenvalue weighted by molar-refractivity contribution is 9.10. The molecule has 2 aromatic carbocycles. The number of hydrogen-bond acceptors (Lipinski definition) is 2. The Kier molecular flexibility index (Phi) is 4.69. The Morgan fingerprint density at radius 1 is 1.21 bits per heavy atom. The van der Waals surface area contributed by atoms with Gasteiger partial charge in [-0.2, -0.15) is 0 Å². The van der Waals surface area contributed by atoms with Crippen molar-refractivity contribution in [2.24, 2.45) is 5.84 Å². The molecule has 1 unspecified atom stereocenters. The minimum Gasteiger partial charge on any atom is -0.271 e. The molecule has 19 heavy (non-hydrogen) atoms. The quantitative estimate of drug-likeness (QED) is 0.666. The van der Waals surface area contributed by atoms with Crippen LogP contribution in [0.4, 0.5) is 4.39 Å². The monoisotopic (exact) mass is 322 g/mol. The van der Waals surface area contributed by atoms with E-state index in [1.54, 1.807) is 12.1 Å². The molecule has 3 N–H and O–H groups in total. The van der Waals surface area contributed by atoms with Gasteiger partial charge >= 0.3 is 0 Å². The number of rotatable bonds is 4. The van der Waals surface area contributed by atoms with Gasteiger partial charge in [-0.25, -0.2) is 4.39 Å². The van der Waals surface area contributed by atoms with Crippen molar-refractivity contribution in [3.05, 3.63) is 69.4 Å².